The molecule has 0 saturated carbocycles. The first kappa shape index (κ1) is 16.9. The van der Waals surface area contributed by atoms with Gasteiger partial charge in [0.05, 0.1) is 6.04 Å². The van der Waals surface area contributed by atoms with Crippen molar-refractivity contribution in [1.29, 1.82) is 0 Å². The van der Waals surface area contributed by atoms with Gasteiger partial charge in [-0.15, -0.1) is 0 Å². The molecule has 1 aliphatic rings. The molecular formula is C23H20ClNO. The van der Waals surface area contributed by atoms with E-state index >= 15 is 0 Å². The quantitative estimate of drug-likeness (QED) is 0.595. The minimum Gasteiger partial charge on any atom is -0.327 e. The van der Waals surface area contributed by atoms with Crippen LogP contribution < -0.4 is 0 Å². The van der Waals surface area contributed by atoms with Gasteiger partial charge >= 0.3 is 0 Å². The molecule has 1 aliphatic heterocycles. The molecule has 2 nitrogen and oxygen atoms in total. The van der Waals surface area contributed by atoms with Gasteiger partial charge < -0.3 is 4.90 Å². The summed E-state index contributed by atoms with van der Waals surface area (Å²) in [5, 5.41) is 0.691. The first-order valence-corrected chi connectivity index (χ1v) is 9.23. The maximum absolute atomic E-state index is 13.3. The van der Waals surface area contributed by atoms with Crippen molar-refractivity contribution < 1.29 is 4.79 Å². The van der Waals surface area contributed by atoms with Gasteiger partial charge in [0.15, 0.2) is 0 Å². The van der Waals surface area contributed by atoms with E-state index in [1.807, 2.05) is 66.4 Å². The molecule has 26 heavy (non-hydrogen) atoms. The number of halogens is 1. The standard InChI is InChI=1S/C23H20ClNO/c1-16-10-12-18(13-11-16)23(26)25-15-14-17-6-2-3-7-19(17)22(25)20-8-4-5-9-21(20)24/h2-13,22H,14-15H2,1H3/t22-/m0/s1. The van der Waals surface area contributed by atoms with Crippen LogP contribution in [0, 0.1) is 6.92 Å². The van der Waals surface area contributed by atoms with Gasteiger partial charge in [-0.3, -0.25) is 4.79 Å². The highest BCUT2D eigenvalue weighted by atomic mass is 35.5. The number of benzene rings is 3. The monoisotopic (exact) mass is 361 g/mol. The second kappa shape index (κ2) is 6.97. The molecular weight excluding hydrogens is 342 g/mol. The molecule has 1 heterocycles. The molecule has 1 atom stereocenters. The normalized spacial score (nSPS) is 16.2. The van der Waals surface area contributed by atoms with E-state index in [9.17, 15) is 4.79 Å². The lowest BCUT2D eigenvalue weighted by atomic mass is 9.87. The first-order chi connectivity index (χ1) is 12.6. The summed E-state index contributed by atoms with van der Waals surface area (Å²) in [6, 6.07) is 23.8. The summed E-state index contributed by atoms with van der Waals surface area (Å²) in [5.41, 5.74) is 5.28. The Morgan fingerprint density at radius 2 is 1.58 bits per heavy atom. The van der Waals surface area contributed by atoms with E-state index in [0.717, 1.165) is 23.1 Å². The lowest BCUT2D eigenvalue weighted by Crippen LogP contribution is -2.40. The highest BCUT2D eigenvalue weighted by molar-refractivity contribution is 6.31. The Morgan fingerprint density at radius 1 is 0.923 bits per heavy atom. The topological polar surface area (TPSA) is 20.3 Å². The van der Waals surface area contributed by atoms with Crippen molar-refractivity contribution in [1.82, 2.24) is 4.90 Å². The molecule has 0 bridgehead atoms. The third-order valence-corrected chi connectivity index (χ3v) is 5.39. The number of carbonyl (C=O) groups is 1. The Bertz CT molecular complexity index is 948. The number of rotatable bonds is 2. The summed E-state index contributed by atoms with van der Waals surface area (Å²) in [7, 11) is 0. The van der Waals surface area contributed by atoms with Gasteiger partial charge in [0.2, 0.25) is 0 Å². The van der Waals surface area contributed by atoms with E-state index in [1.54, 1.807) is 0 Å². The lowest BCUT2D eigenvalue weighted by molar-refractivity contribution is 0.0694. The summed E-state index contributed by atoms with van der Waals surface area (Å²) in [5.74, 6) is 0.0458. The van der Waals surface area contributed by atoms with Gasteiger partial charge in [0, 0.05) is 17.1 Å². The van der Waals surface area contributed by atoms with E-state index in [-0.39, 0.29) is 11.9 Å². The lowest BCUT2D eigenvalue weighted by Gasteiger charge is -2.38. The molecule has 0 N–H and O–H groups in total. The van der Waals surface area contributed by atoms with Crippen LogP contribution in [0.4, 0.5) is 0 Å². The van der Waals surface area contributed by atoms with E-state index < -0.39 is 0 Å². The summed E-state index contributed by atoms with van der Waals surface area (Å²) in [6.07, 6.45) is 0.856. The average Bonchev–Trinajstić information content (AvgIpc) is 2.68. The van der Waals surface area contributed by atoms with E-state index in [4.69, 9.17) is 11.6 Å². The number of aryl methyl sites for hydroxylation is 1. The van der Waals surface area contributed by atoms with Crippen molar-refractivity contribution in [3.05, 3.63) is 106 Å². The molecule has 0 aromatic heterocycles. The zero-order valence-electron chi connectivity index (χ0n) is 14.7. The Kier molecular flexibility index (Phi) is 4.52. The smallest absolute Gasteiger partial charge is 0.254 e. The van der Waals surface area contributed by atoms with Crippen molar-refractivity contribution >= 4 is 17.5 Å². The predicted molar refractivity (Wildman–Crippen MR) is 106 cm³/mol. The molecule has 4 rings (SSSR count). The van der Waals surface area contributed by atoms with E-state index in [2.05, 4.69) is 18.2 Å². The molecule has 0 unspecified atom stereocenters. The second-order valence-corrected chi connectivity index (χ2v) is 7.14. The van der Waals surface area contributed by atoms with Crippen LogP contribution >= 0.6 is 11.6 Å². The number of hydrogen-bond donors (Lipinski definition) is 0. The van der Waals surface area contributed by atoms with Crippen LogP contribution in [0.25, 0.3) is 0 Å². The Balaban J connectivity index is 1.82. The van der Waals surface area contributed by atoms with Crippen molar-refractivity contribution in [3.8, 4) is 0 Å². The van der Waals surface area contributed by atoms with Crippen LogP contribution in [0.5, 0.6) is 0 Å². The van der Waals surface area contributed by atoms with Crippen LogP contribution in [0.1, 0.15) is 38.7 Å². The minimum absolute atomic E-state index is 0.0458. The fraction of sp³-hybridized carbons (Fsp3) is 0.174. The second-order valence-electron chi connectivity index (χ2n) is 6.74. The Morgan fingerprint density at radius 3 is 2.31 bits per heavy atom. The van der Waals surface area contributed by atoms with Gasteiger partial charge in [-0.1, -0.05) is 71.8 Å². The van der Waals surface area contributed by atoms with Crippen molar-refractivity contribution in [2.24, 2.45) is 0 Å². The predicted octanol–water partition coefficient (Wildman–Crippen LogP) is 5.44. The van der Waals surface area contributed by atoms with Gasteiger partial charge in [0.25, 0.3) is 5.91 Å². The van der Waals surface area contributed by atoms with Crippen LogP contribution in [0.2, 0.25) is 5.02 Å². The Labute approximate surface area is 159 Å². The summed E-state index contributed by atoms with van der Waals surface area (Å²) < 4.78 is 0. The molecule has 3 aromatic rings. The number of fused-ring (bicyclic) bond motifs is 1. The number of hydrogen-bond acceptors (Lipinski definition) is 1. The van der Waals surface area contributed by atoms with Gasteiger partial charge in [0.1, 0.15) is 0 Å². The van der Waals surface area contributed by atoms with Crippen molar-refractivity contribution in [2.45, 2.75) is 19.4 Å². The third kappa shape index (κ3) is 3.02. The molecule has 0 aliphatic carbocycles. The van der Waals surface area contributed by atoms with Crippen LogP contribution in [-0.4, -0.2) is 17.4 Å². The number of carbonyl (C=O) groups excluding carboxylic acids is 1. The van der Waals surface area contributed by atoms with Gasteiger partial charge in [-0.25, -0.2) is 0 Å². The maximum atomic E-state index is 13.3. The highest BCUT2D eigenvalue weighted by Gasteiger charge is 2.33. The third-order valence-electron chi connectivity index (χ3n) is 5.04. The molecule has 0 spiro atoms. The van der Waals surface area contributed by atoms with Gasteiger partial charge in [-0.2, -0.15) is 0 Å². The van der Waals surface area contributed by atoms with E-state index in [0.29, 0.717) is 17.1 Å². The summed E-state index contributed by atoms with van der Waals surface area (Å²) >= 11 is 6.52. The van der Waals surface area contributed by atoms with E-state index in [1.165, 1.54) is 5.56 Å². The van der Waals surface area contributed by atoms with Crippen LogP contribution in [-0.2, 0) is 6.42 Å². The van der Waals surface area contributed by atoms with Crippen LogP contribution in [0.15, 0.2) is 72.8 Å². The SMILES string of the molecule is Cc1ccc(C(=O)N2CCc3ccccc3[C@H]2c2ccccc2Cl)cc1. The minimum atomic E-state index is -0.164. The highest BCUT2D eigenvalue weighted by Crippen LogP contribution is 2.38. The molecule has 1 amide bonds. The number of amides is 1. The largest absolute Gasteiger partial charge is 0.327 e. The fourth-order valence-electron chi connectivity index (χ4n) is 3.68. The molecule has 130 valence electrons. The maximum Gasteiger partial charge on any atom is 0.254 e. The van der Waals surface area contributed by atoms with Crippen LogP contribution in [0.3, 0.4) is 0 Å². The van der Waals surface area contributed by atoms with Crippen molar-refractivity contribution in [2.75, 3.05) is 6.54 Å². The zero-order chi connectivity index (χ0) is 18.1. The average molecular weight is 362 g/mol. The molecule has 3 aromatic carbocycles. The Hall–Kier alpha value is -2.58. The first-order valence-electron chi connectivity index (χ1n) is 8.85. The molecule has 0 fully saturated rings. The molecule has 0 radical (unpaired) electrons. The van der Waals surface area contributed by atoms with Crippen molar-refractivity contribution in [3.63, 3.8) is 0 Å². The number of nitrogens with zero attached hydrogens (tertiary/aromatic N) is 1. The fourth-order valence-corrected chi connectivity index (χ4v) is 3.92. The van der Waals surface area contributed by atoms with Gasteiger partial charge in [-0.05, 0) is 48.2 Å². The molecule has 3 heteroatoms. The zero-order valence-corrected chi connectivity index (χ0v) is 15.4. The summed E-state index contributed by atoms with van der Waals surface area (Å²) in [4.78, 5) is 15.3. The molecule has 0 saturated heterocycles. The summed E-state index contributed by atoms with van der Waals surface area (Å²) in [6.45, 7) is 2.71.